The number of primary sulfonamides is 1. The molecule has 0 bridgehead atoms. The largest absolute Gasteiger partial charge is 0.488 e. The molecular weight excluding hydrogens is 280 g/mol. The Kier molecular flexibility index (Phi) is 5.64. The van der Waals surface area contributed by atoms with Gasteiger partial charge in [0.25, 0.3) is 0 Å². The third-order valence-electron chi connectivity index (χ3n) is 2.18. The highest BCUT2D eigenvalue weighted by Gasteiger charge is 2.17. The van der Waals surface area contributed by atoms with Gasteiger partial charge in [-0.3, -0.25) is 0 Å². The minimum Gasteiger partial charge on any atom is -0.488 e. The molecule has 0 heterocycles. The van der Waals surface area contributed by atoms with Crippen molar-refractivity contribution in [2.75, 3.05) is 19.8 Å². The van der Waals surface area contributed by atoms with E-state index in [9.17, 15) is 17.2 Å². The number of hydrogen-bond donors (Lipinski definition) is 1. The maximum absolute atomic E-state index is 13.5. The Labute approximate surface area is 110 Å². The van der Waals surface area contributed by atoms with Gasteiger partial charge in [-0.25, -0.2) is 22.3 Å². The average Bonchev–Trinajstić information content (AvgIpc) is 2.30. The number of rotatable bonds is 7. The molecule has 0 aromatic heterocycles. The summed E-state index contributed by atoms with van der Waals surface area (Å²) < 4.78 is 58.9. The molecule has 1 aromatic carbocycles. The molecule has 0 aliphatic carbocycles. The van der Waals surface area contributed by atoms with E-state index < -0.39 is 32.3 Å². The molecule has 0 saturated heterocycles. The van der Waals surface area contributed by atoms with E-state index >= 15 is 0 Å². The van der Waals surface area contributed by atoms with Crippen LogP contribution in [-0.4, -0.2) is 28.2 Å². The predicted molar refractivity (Wildman–Crippen MR) is 64.3 cm³/mol. The molecule has 0 fully saturated rings. The zero-order valence-electron chi connectivity index (χ0n) is 10.4. The summed E-state index contributed by atoms with van der Waals surface area (Å²) in [7, 11) is -4.15. The van der Waals surface area contributed by atoms with Crippen molar-refractivity contribution in [1.82, 2.24) is 0 Å². The van der Waals surface area contributed by atoms with Crippen LogP contribution in [0.4, 0.5) is 8.78 Å². The van der Waals surface area contributed by atoms with Crippen molar-refractivity contribution in [3.05, 3.63) is 23.8 Å². The number of halogens is 2. The smallest absolute Gasteiger partial charge is 0.238 e. The summed E-state index contributed by atoms with van der Waals surface area (Å²) in [6.07, 6.45) is 0.462. The van der Waals surface area contributed by atoms with Crippen molar-refractivity contribution < 1.29 is 26.7 Å². The van der Waals surface area contributed by atoms with Crippen molar-refractivity contribution in [3.8, 4) is 5.75 Å². The molecule has 1 rings (SSSR count). The molecule has 5 nitrogen and oxygen atoms in total. The molecule has 0 aliphatic rings. The van der Waals surface area contributed by atoms with Crippen LogP contribution in [0.15, 0.2) is 17.0 Å². The van der Waals surface area contributed by atoms with Crippen LogP contribution in [0, 0.1) is 11.6 Å². The number of hydrogen-bond acceptors (Lipinski definition) is 4. The van der Waals surface area contributed by atoms with Gasteiger partial charge >= 0.3 is 0 Å². The number of nitrogens with two attached hydrogens (primary N) is 1. The second kappa shape index (κ2) is 6.78. The van der Waals surface area contributed by atoms with Gasteiger partial charge in [0.1, 0.15) is 0 Å². The van der Waals surface area contributed by atoms with E-state index in [2.05, 4.69) is 0 Å². The molecule has 0 radical (unpaired) electrons. The van der Waals surface area contributed by atoms with E-state index in [1.54, 1.807) is 0 Å². The van der Waals surface area contributed by atoms with E-state index in [-0.39, 0.29) is 6.61 Å². The first-order valence-corrected chi connectivity index (χ1v) is 7.13. The van der Waals surface area contributed by atoms with Crippen molar-refractivity contribution in [1.29, 1.82) is 0 Å². The van der Waals surface area contributed by atoms with Gasteiger partial charge in [-0.2, -0.15) is 0 Å². The third-order valence-corrected chi connectivity index (χ3v) is 3.08. The molecule has 0 atom stereocenters. The molecular formula is C11H15F2NO4S. The number of sulfonamides is 1. The van der Waals surface area contributed by atoms with E-state index in [1.807, 2.05) is 6.92 Å². The Morgan fingerprint density at radius 2 is 1.79 bits per heavy atom. The zero-order chi connectivity index (χ0) is 14.5. The van der Waals surface area contributed by atoms with E-state index in [0.717, 1.165) is 0 Å². The third kappa shape index (κ3) is 4.73. The molecule has 0 unspecified atom stereocenters. The Balaban J connectivity index is 2.75. The number of benzene rings is 1. The van der Waals surface area contributed by atoms with Crippen LogP contribution in [0.5, 0.6) is 5.75 Å². The minimum absolute atomic E-state index is 0.0581. The van der Waals surface area contributed by atoms with Crippen molar-refractivity contribution in [3.63, 3.8) is 0 Å². The van der Waals surface area contributed by atoms with Crippen LogP contribution in [0.3, 0.4) is 0 Å². The van der Waals surface area contributed by atoms with Gasteiger partial charge in [-0.1, -0.05) is 0 Å². The monoisotopic (exact) mass is 295 g/mol. The molecule has 1 aromatic rings. The highest BCUT2D eigenvalue weighted by molar-refractivity contribution is 7.89. The summed E-state index contributed by atoms with van der Waals surface area (Å²) in [5.74, 6) is -2.84. The molecule has 19 heavy (non-hydrogen) atoms. The zero-order valence-corrected chi connectivity index (χ0v) is 11.2. The fourth-order valence-corrected chi connectivity index (χ4v) is 1.85. The molecule has 8 heteroatoms. The van der Waals surface area contributed by atoms with Crippen LogP contribution in [0.2, 0.25) is 0 Å². The maximum atomic E-state index is 13.5. The molecule has 0 amide bonds. The number of ether oxygens (including phenoxy) is 2. The summed E-state index contributed by atoms with van der Waals surface area (Å²) in [5.41, 5.74) is 0. The average molecular weight is 295 g/mol. The van der Waals surface area contributed by atoms with E-state index in [1.165, 1.54) is 0 Å². The van der Waals surface area contributed by atoms with Crippen LogP contribution in [-0.2, 0) is 14.8 Å². The fourth-order valence-electron chi connectivity index (χ4n) is 1.32. The van der Waals surface area contributed by atoms with Crippen LogP contribution < -0.4 is 9.88 Å². The summed E-state index contributed by atoms with van der Waals surface area (Å²) >= 11 is 0. The van der Waals surface area contributed by atoms with E-state index in [4.69, 9.17) is 14.6 Å². The van der Waals surface area contributed by atoms with Crippen LogP contribution in [0.25, 0.3) is 0 Å². The van der Waals surface area contributed by atoms with Crippen LogP contribution >= 0.6 is 0 Å². The van der Waals surface area contributed by atoms with Gasteiger partial charge in [0.05, 0.1) is 11.5 Å². The first-order chi connectivity index (χ1) is 8.86. The molecule has 0 saturated carbocycles. The van der Waals surface area contributed by atoms with Gasteiger partial charge in [-0.05, 0) is 19.1 Å². The standard InChI is InChI=1S/C11H15F2NO4S/c1-2-17-4-3-5-18-11-9(12)6-8(7-10(11)13)19(14,15)16/h6-7H,2-5H2,1H3,(H2,14,15,16). The van der Waals surface area contributed by atoms with Crippen molar-refractivity contribution in [2.24, 2.45) is 5.14 Å². The van der Waals surface area contributed by atoms with E-state index in [0.29, 0.717) is 31.8 Å². The second-order valence-electron chi connectivity index (χ2n) is 3.66. The highest BCUT2D eigenvalue weighted by atomic mass is 32.2. The van der Waals surface area contributed by atoms with Gasteiger partial charge in [0, 0.05) is 19.6 Å². The van der Waals surface area contributed by atoms with Crippen LogP contribution in [0.1, 0.15) is 13.3 Å². The lowest BCUT2D eigenvalue weighted by Gasteiger charge is -2.09. The Hall–Kier alpha value is -1.25. The minimum atomic E-state index is -4.15. The normalized spacial score (nSPS) is 11.6. The quantitative estimate of drug-likeness (QED) is 0.772. The van der Waals surface area contributed by atoms with Crippen molar-refractivity contribution in [2.45, 2.75) is 18.2 Å². The fraction of sp³-hybridized carbons (Fsp3) is 0.455. The van der Waals surface area contributed by atoms with Gasteiger partial charge in [0.2, 0.25) is 10.0 Å². The van der Waals surface area contributed by atoms with Crippen molar-refractivity contribution >= 4 is 10.0 Å². The molecule has 0 spiro atoms. The summed E-state index contributed by atoms with van der Waals surface area (Å²) in [6.45, 7) is 2.84. The van der Waals surface area contributed by atoms with Gasteiger partial charge in [-0.15, -0.1) is 0 Å². The topological polar surface area (TPSA) is 78.6 Å². The lowest BCUT2D eigenvalue weighted by molar-refractivity contribution is 0.129. The lowest BCUT2D eigenvalue weighted by Crippen LogP contribution is -2.13. The Morgan fingerprint density at radius 3 is 2.26 bits per heavy atom. The summed E-state index contributed by atoms with van der Waals surface area (Å²) in [4.78, 5) is -0.635. The molecule has 108 valence electrons. The van der Waals surface area contributed by atoms with Gasteiger partial charge < -0.3 is 9.47 Å². The molecule has 2 N–H and O–H groups in total. The lowest BCUT2D eigenvalue weighted by atomic mass is 10.3. The summed E-state index contributed by atoms with van der Waals surface area (Å²) in [6, 6.07) is 1.24. The first kappa shape index (κ1) is 15.8. The Bertz CT molecular complexity index is 510. The highest BCUT2D eigenvalue weighted by Crippen LogP contribution is 2.25. The second-order valence-corrected chi connectivity index (χ2v) is 5.22. The Morgan fingerprint density at radius 1 is 1.21 bits per heavy atom. The van der Waals surface area contributed by atoms with Gasteiger partial charge in [0.15, 0.2) is 17.4 Å². The summed E-state index contributed by atoms with van der Waals surface area (Å²) in [5, 5.41) is 4.78. The first-order valence-electron chi connectivity index (χ1n) is 5.58. The molecule has 0 aliphatic heterocycles. The predicted octanol–water partition coefficient (Wildman–Crippen LogP) is 1.42. The maximum Gasteiger partial charge on any atom is 0.238 e. The SMILES string of the molecule is CCOCCCOc1c(F)cc(S(N)(=O)=O)cc1F.